The number of aryl methyl sites for hydroxylation is 2. The number of carbonyl (C=O) groups excluding carboxylic acids is 1. The van der Waals surface area contributed by atoms with E-state index in [1.165, 1.54) is 6.33 Å². The van der Waals surface area contributed by atoms with Crippen LogP contribution in [0.1, 0.15) is 27.3 Å². The van der Waals surface area contributed by atoms with Crippen molar-refractivity contribution >= 4 is 5.91 Å². The summed E-state index contributed by atoms with van der Waals surface area (Å²) in [5, 5.41) is 9.38. The lowest BCUT2D eigenvalue weighted by atomic mass is 10.1. The van der Waals surface area contributed by atoms with E-state index in [1.54, 1.807) is 0 Å². The Morgan fingerprint density at radius 2 is 2.22 bits per heavy atom. The van der Waals surface area contributed by atoms with Gasteiger partial charge in [0.1, 0.15) is 12.2 Å². The Hall–Kier alpha value is -2.17. The Morgan fingerprint density at radius 1 is 1.39 bits per heavy atom. The number of amides is 1. The van der Waals surface area contributed by atoms with E-state index < -0.39 is 0 Å². The predicted octanol–water partition coefficient (Wildman–Crippen LogP) is 1.39. The number of benzene rings is 1. The second-order valence-corrected chi connectivity index (χ2v) is 4.26. The van der Waals surface area contributed by atoms with Crippen LogP contribution in [0.2, 0.25) is 0 Å². The van der Waals surface area contributed by atoms with Gasteiger partial charge in [0.05, 0.1) is 0 Å². The molecule has 0 bridgehead atoms. The van der Waals surface area contributed by atoms with Crippen molar-refractivity contribution in [2.75, 3.05) is 6.54 Å². The van der Waals surface area contributed by atoms with Gasteiger partial charge in [-0.05, 0) is 25.5 Å². The Kier molecular flexibility index (Phi) is 3.72. The summed E-state index contributed by atoms with van der Waals surface area (Å²) in [6, 6.07) is 5.80. The monoisotopic (exact) mass is 244 g/mol. The van der Waals surface area contributed by atoms with Crippen molar-refractivity contribution in [1.82, 2.24) is 20.5 Å². The first-order valence-electron chi connectivity index (χ1n) is 5.86. The molecule has 1 aromatic carbocycles. The van der Waals surface area contributed by atoms with Crippen molar-refractivity contribution in [3.8, 4) is 0 Å². The summed E-state index contributed by atoms with van der Waals surface area (Å²) < 4.78 is 0. The van der Waals surface area contributed by atoms with Gasteiger partial charge >= 0.3 is 0 Å². The standard InChI is InChI=1S/C13H16N4O/c1-9-3-4-11(10(2)7-9)13(18)14-6-5-12-15-8-16-17-12/h3-4,7-8H,5-6H2,1-2H3,(H,14,18)(H,15,16,17). The van der Waals surface area contributed by atoms with E-state index in [-0.39, 0.29) is 5.91 Å². The average Bonchev–Trinajstić information content (AvgIpc) is 2.81. The van der Waals surface area contributed by atoms with Crippen molar-refractivity contribution in [3.63, 3.8) is 0 Å². The normalized spacial score (nSPS) is 10.3. The molecule has 0 unspecified atom stereocenters. The zero-order valence-corrected chi connectivity index (χ0v) is 10.5. The van der Waals surface area contributed by atoms with Crippen LogP contribution in [-0.2, 0) is 6.42 Å². The van der Waals surface area contributed by atoms with Gasteiger partial charge in [0, 0.05) is 18.5 Å². The van der Waals surface area contributed by atoms with E-state index in [0.29, 0.717) is 13.0 Å². The van der Waals surface area contributed by atoms with E-state index in [1.807, 2.05) is 32.0 Å². The molecule has 1 heterocycles. The molecule has 5 nitrogen and oxygen atoms in total. The van der Waals surface area contributed by atoms with Crippen LogP contribution in [0.15, 0.2) is 24.5 Å². The van der Waals surface area contributed by atoms with Crippen molar-refractivity contribution in [2.24, 2.45) is 0 Å². The molecule has 5 heteroatoms. The summed E-state index contributed by atoms with van der Waals surface area (Å²) >= 11 is 0. The van der Waals surface area contributed by atoms with E-state index >= 15 is 0 Å². The third-order valence-corrected chi connectivity index (χ3v) is 2.74. The highest BCUT2D eigenvalue weighted by molar-refractivity contribution is 5.95. The van der Waals surface area contributed by atoms with Crippen molar-refractivity contribution in [2.45, 2.75) is 20.3 Å². The van der Waals surface area contributed by atoms with Crippen LogP contribution in [0.4, 0.5) is 0 Å². The maximum Gasteiger partial charge on any atom is 0.251 e. The SMILES string of the molecule is Cc1ccc(C(=O)NCCc2ncn[nH]2)c(C)c1. The number of carbonyl (C=O) groups is 1. The molecule has 0 aliphatic carbocycles. The minimum atomic E-state index is -0.0491. The third kappa shape index (κ3) is 2.94. The van der Waals surface area contributed by atoms with E-state index in [0.717, 1.165) is 22.5 Å². The Bertz CT molecular complexity index is 534. The molecule has 2 aromatic rings. The highest BCUT2D eigenvalue weighted by Gasteiger charge is 2.08. The maximum atomic E-state index is 11.9. The highest BCUT2D eigenvalue weighted by Crippen LogP contribution is 2.10. The molecular formula is C13H16N4O. The summed E-state index contributed by atoms with van der Waals surface area (Å²) in [7, 11) is 0. The number of nitrogens with one attached hydrogen (secondary N) is 2. The van der Waals surface area contributed by atoms with Crippen LogP contribution in [0.3, 0.4) is 0 Å². The van der Waals surface area contributed by atoms with Crippen LogP contribution in [0.25, 0.3) is 0 Å². The van der Waals surface area contributed by atoms with Crippen molar-refractivity contribution in [1.29, 1.82) is 0 Å². The molecule has 0 radical (unpaired) electrons. The molecule has 1 aromatic heterocycles. The minimum absolute atomic E-state index is 0.0491. The lowest BCUT2D eigenvalue weighted by molar-refractivity contribution is 0.0953. The zero-order chi connectivity index (χ0) is 13.0. The number of H-pyrrole nitrogens is 1. The van der Waals surface area contributed by atoms with Crippen LogP contribution < -0.4 is 5.32 Å². The maximum absolute atomic E-state index is 11.9. The van der Waals surface area contributed by atoms with Gasteiger partial charge in [0.2, 0.25) is 0 Å². The number of hydrogen-bond donors (Lipinski definition) is 2. The molecule has 0 fully saturated rings. The lowest BCUT2D eigenvalue weighted by Gasteiger charge is -2.07. The second-order valence-electron chi connectivity index (χ2n) is 4.26. The molecule has 18 heavy (non-hydrogen) atoms. The van der Waals surface area contributed by atoms with Gasteiger partial charge in [-0.25, -0.2) is 4.98 Å². The Labute approximate surface area is 106 Å². The smallest absolute Gasteiger partial charge is 0.251 e. The number of nitrogens with zero attached hydrogens (tertiary/aromatic N) is 2. The minimum Gasteiger partial charge on any atom is -0.352 e. The molecule has 2 N–H and O–H groups in total. The molecule has 1 amide bonds. The van der Waals surface area contributed by atoms with Gasteiger partial charge in [0.25, 0.3) is 5.91 Å². The number of rotatable bonds is 4. The topological polar surface area (TPSA) is 70.7 Å². The first-order chi connectivity index (χ1) is 8.66. The van der Waals surface area contributed by atoms with Crippen LogP contribution in [-0.4, -0.2) is 27.6 Å². The largest absolute Gasteiger partial charge is 0.352 e. The van der Waals surface area contributed by atoms with Crippen molar-refractivity contribution < 1.29 is 4.79 Å². The first kappa shape index (κ1) is 12.3. The van der Waals surface area contributed by atoms with Crippen LogP contribution in [0, 0.1) is 13.8 Å². The fraction of sp³-hybridized carbons (Fsp3) is 0.308. The molecule has 0 saturated heterocycles. The van der Waals surface area contributed by atoms with Gasteiger partial charge in [0.15, 0.2) is 0 Å². The fourth-order valence-electron chi connectivity index (χ4n) is 1.81. The summed E-state index contributed by atoms with van der Waals surface area (Å²) in [5.41, 5.74) is 2.87. The molecule has 94 valence electrons. The molecular weight excluding hydrogens is 228 g/mol. The summed E-state index contributed by atoms with van der Waals surface area (Å²) in [5.74, 6) is 0.725. The summed E-state index contributed by atoms with van der Waals surface area (Å²) in [6.07, 6.45) is 2.11. The number of hydrogen-bond acceptors (Lipinski definition) is 3. The number of aromatic amines is 1. The second kappa shape index (κ2) is 5.44. The van der Waals surface area contributed by atoms with Gasteiger partial charge in [-0.2, -0.15) is 5.10 Å². The fourth-order valence-corrected chi connectivity index (χ4v) is 1.81. The molecule has 2 rings (SSSR count). The molecule has 0 spiro atoms. The lowest BCUT2D eigenvalue weighted by Crippen LogP contribution is -2.26. The van der Waals surface area contributed by atoms with E-state index in [4.69, 9.17) is 0 Å². The van der Waals surface area contributed by atoms with Gasteiger partial charge < -0.3 is 5.32 Å². The van der Waals surface area contributed by atoms with Crippen LogP contribution >= 0.6 is 0 Å². The van der Waals surface area contributed by atoms with Gasteiger partial charge in [-0.3, -0.25) is 9.89 Å². The zero-order valence-electron chi connectivity index (χ0n) is 10.5. The third-order valence-electron chi connectivity index (χ3n) is 2.74. The number of aromatic nitrogens is 3. The molecule has 0 saturated carbocycles. The quantitative estimate of drug-likeness (QED) is 0.854. The van der Waals surface area contributed by atoms with E-state index in [2.05, 4.69) is 20.5 Å². The Balaban J connectivity index is 1.91. The highest BCUT2D eigenvalue weighted by atomic mass is 16.1. The molecule has 0 aliphatic rings. The van der Waals surface area contributed by atoms with E-state index in [9.17, 15) is 4.79 Å². The average molecular weight is 244 g/mol. The van der Waals surface area contributed by atoms with Crippen molar-refractivity contribution in [3.05, 3.63) is 47.0 Å². The first-order valence-corrected chi connectivity index (χ1v) is 5.86. The van der Waals surface area contributed by atoms with Gasteiger partial charge in [-0.1, -0.05) is 17.7 Å². The Morgan fingerprint density at radius 3 is 2.89 bits per heavy atom. The predicted molar refractivity (Wildman–Crippen MR) is 68.3 cm³/mol. The summed E-state index contributed by atoms with van der Waals surface area (Å²) in [4.78, 5) is 15.9. The van der Waals surface area contributed by atoms with Crippen LogP contribution in [0.5, 0.6) is 0 Å². The molecule has 0 atom stereocenters. The molecule has 0 aliphatic heterocycles. The van der Waals surface area contributed by atoms with Gasteiger partial charge in [-0.15, -0.1) is 0 Å². The summed E-state index contributed by atoms with van der Waals surface area (Å²) in [6.45, 7) is 4.50.